The number of hydrogen-bond acceptors (Lipinski definition) is 0. The van der Waals surface area contributed by atoms with Gasteiger partial charge >= 0.3 is 0 Å². The van der Waals surface area contributed by atoms with Crippen molar-refractivity contribution in [1.29, 1.82) is 0 Å². The Hall–Kier alpha value is 0. The fourth-order valence-electron chi connectivity index (χ4n) is 6.62. The Morgan fingerprint density at radius 3 is 1.50 bits per heavy atom. The van der Waals surface area contributed by atoms with Crippen molar-refractivity contribution in [3.8, 4) is 0 Å². The molecule has 0 saturated heterocycles. The number of fused-ring (bicyclic) bond motifs is 1. The van der Waals surface area contributed by atoms with Crippen LogP contribution in [0.25, 0.3) is 0 Å². The molecule has 2 aliphatic carbocycles. The number of rotatable bonds is 1. The van der Waals surface area contributed by atoms with Crippen LogP contribution in [0.5, 0.6) is 0 Å². The normalized spacial score (nSPS) is 52.9. The van der Waals surface area contributed by atoms with E-state index in [2.05, 4.69) is 62.3 Å². The first-order chi connectivity index (χ1) is 6.90. The van der Waals surface area contributed by atoms with Crippen LogP contribution in [0, 0.1) is 33.0 Å². The lowest BCUT2D eigenvalue weighted by molar-refractivity contribution is -0.439. The summed E-state index contributed by atoms with van der Waals surface area (Å²) in [5, 5.41) is 0. The lowest BCUT2D eigenvalue weighted by Crippen LogP contribution is -2.86. The van der Waals surface area contributed by atoms with Crippen molar-refractivity contribution in [3.63, 3.8) is 0 Å². The van der Waals surface area contributed by atoms with E-state index in [1.165, 1.54) is 6.42 Å². The molecule has 0 aromatic rings. The highest BCUT2D eigenvalue weighted by molar-refractivity contribution is 5.34. The first kappa shape index (κ1) is 12.5. The van der Waals surface area contributed by atoms with Crippen molar-refractivity contribution in [2.45, 2.75) is 68.7 Å². The fraction of sp³-hybridized carbons (Fsp3) is 1.00. The maximum atomic E-state index is 2.55. The van der Waals surface area contributed by atoms with Crippen molar-refractivity contribution in [1.82, 2.24) is 0 Å². The van der Waals surface area contributed by atoms with E-state index in [9.17, 15) is 0 Å². The molecule has 94 valence electrons. The van der Waals surface area contributed by atoms with Gasteiger partial charge in [0.2, 0.25) is 0 Å². The van der Waals surface area contributed by atoms with Crippen LogP contribution in [0.15, 0.2) is 0 Å². The molecule has 0 nitrogen and oxygen atoms in total. The molecule has 2 fully saturated rings. The van der Waals surface area contributed by atoms with Crippen LogP contribution >= 0.6 is 0 Å². The van der Waals surface area contributed by atoms with E-state index in [-0.39, 0.29) is 0 Å². The van der Waals surface area contributed by atoms with Crippen molar-refractivity contribution in [2.75, 3.05) is 0 Å². The summed E-state index contributed by atoms with van der Waals surface area (Å²) in [7, 11) is 0. The summed E-state index contributed by atoms with van der Waals surface area (Å²) in [6, 6.07) is 0. The summed E-state index contributed by atoms with van der Waals surface area (Å²) in [5.41, 5.74) is 2.50. The molecule has 3 unspecified atom stereocenters. The minimum atomic E-state index is 0.449. The molecule has 0 radical (unpaired) electrons. The Balaban J connectivity index is 2.54. The zero-order chi connectivity index (χ0) is 12.8. The van der Waals surface area contributed by atoms with Gasteiger partial charge in [0.25, 0.3) is 0 Å². The predicted molar refractivity (Wildman–Crippen MR) is 71.3 cm³/mol. The van der Waals surface area contributed by atoms with Gasteiger partial charge in [-0.2, -0.15) is 0 Å². The van der Waals surface area contributed by atoms with Gasteiger partial charge in [-0.3, -0.25) is 0 Å². The van der Waals surface area contributed by atoms with E-state index in [0.29, 0.717) is 27.1 Å². The van der Waals surface area contributed by atoms with E-state index in [1.54, 1.807) is 0 Å². The number of hydrogen-bond donors (Lipinski definition) is 0. The second kappa shape index (κ2) is 2.54. The minimum Gasteiger partial charge on any atom is -0.0622 e. The zero-order valence-corrected chi connectivity index (χ0v) is 12.8. The summed E-state index contributed by atoms with van der Waals surface area (Å²) < 4.78 is 0. The second-order valence-electron chi connectivity index (χ2n) is 8.50. The molecule has 0 aliphatic heterocycles. The molecule has 0 heteroatoms. The van der Waals surface area contributed by atoms with Gasteiger partial charge in [0.05, 0.1) is 0 Å². The van der Waals surface area contributed by atoms with E-state index < -0.39 is 0 Å². The monoisotopic (exact) mass is 222 g/mol. The van der Waals surface area contributed by atoms with Gasteiger partial charge in [-0.05, 0) is 39.4 Å². The summed E-state index contributed by atoms with van der Waals surface area (Å²) in [5.74, 6) is 0.775. The van der Waals surface area contributed by atoms with Crippen molar-refractivity contribution < 1.29 is 0 Å². The van der Waals surface area contributed by atoms with Crippen LogP contribution in [0.3, 0.4) is 0 Å². The molecule has 0 bridgehead atoms. The topological polar surface area (TPSA) is 0 Å². The first-order valence-corrected chi connectivity index (χ1v) is 6.90. The van der Waals surface area contributed by atoms with Crippen LogP contribution in [0.2, 0.25) is 0 Å². The summed E-state index contributed by atoms with van der Waals surface area (Å²) in [6.45, 7) is 22.4. The molecule has 0 spiro atoms. The highest BCUT2D eigenvalue weighted by Gasteiger charge is 2.87. The van der Waals surface area contributed by atoms with Crippen LogP contribution in [-0.2, 0) is 0 Å². The summed E-state index contributed by atoms with van der Waals surface area (Å²) in [4.78, 5) is 0. The van der Waals surface area contributed by atoms with Gasteiger partial charge in [-0.15, -0.1) is 0 Å². The average Bonchev–Trinajstić information content (AvgIpc) is 2.12. The molecule has 16 heavy (non-hydrogen) atoms. The third-order valence-electron chi connectivity index (χ3n) is 8.10. The fourth-order valence-corrected chi connectivity index (χ4v) is 6.62. The SMILES string of the molecule is CC(C)C1(C)C(C)(C)C2(C)C(C)(C)CC12C. The third-order valence-corrected chi connectivity index (χ3v) is 8.10. The van der Waals surface area contributed by atoms with E-state index in [0.717, 1.165) is 5.92 Å². The first-order valence-electron chi connectivity index (χ1n) is 6.90. The lowest BCUT2D eigenvalue weighted by atomic mass is 9.13. The smallest absolute Gasteiger partial charge is 0.0158 e. The molecule has 0 N–H and O–H groups in total. The summed E-state index contributed by atoms with van der Waals surface area (Å²) >= 11 is 0. The highest BCUT2D eigenvalue weighted by atomic mass is 14.9. The molecule has 0 amide bonds. The van der Waals surface area contributed by atoms with Crippen molar-refractivity contribution in [2.24, 2.45) is 33.0 Å². The molecule has 2 rings (SSSR count). The maximum Gasteiger partial charge on any atom is -0.0158 e. The van der Waals surface area contributed by atoms with Crippen LogP contribution in [-0.4, -0.2) is 0 Å². The third kappa shape index (κ3) is 0.728. The van der Waals surface area contributed by atoms with Gasteiger partial charge in [0.15, 0.2) is 0 Å². The highest BCUT2D eigenvalue weighted by Crippen LogP contribution is 2.93. The molecule has 2 saturated carbocycles. The van der Waals surface area contributed by atoms with E-state index in [4.69, 9.17) is 0 Å². The van der Waals surface area contributed by atoms with Crippen molar-refractivity contribution in [3.05, 3.63) is 0 Å². The largest absolute Gasteiger partial charge is 0.0622 e. The molecule has 0 heterocycles. The zero-order valence-electron chi connectivity index (χ0n) is 12.8. The maximum absolute atomic E-state index is 2.55. The molecule has 2 aliphatic rings. The quantitative estimate of drug-likeness (QED) is 0.577. The Morgan fingerprint density at radius 1 is 0.812 bits per heavy atom. The molecule has 3 atom stereocenters. The summed E-state index contributed by atoms with van der Waals surface area (Å²) in [6.07, 6.45) is 1.40. The molecule has 0 aromatic carbocycles. The average molecular weight is 222 g/mol. The molecular weight excluding hydrogens is 192 g/mol. The van der Waals surface area contributed by atoms with Gasteiger partial charge in [0.1, 0.15) is 0 Å². The second-order valence-corrected chi connectivity index (χ2v) is 8.50. The Bertz CT molecular complexity index is 306. The van der Waals surface area contributed by atoms with Crippen LogP contribution in [0.1, 0.15) is 68.7 Å². The van der Waals surface area contributed by atoms with Gasteiger partial charge < -0.3 is 0 Å². The molecule has 0 aromatic heterocycles. The minimum absolute atomic E-state index is 0.449. The predicted octanol–water partition coefficient (Wildman–Crippen LogP) is 5.13. The Kier molecular flexibility index (Phi) is 1.98. The van der Waals surface area contributed by atoms with E-state index in [1.807, 2.05) is 0 Å². The lowest BCUT2D eigenvalue weighted by Gasteiger charge is -2.91. The van der Waals surface area contributed by atoms with Gasteiger partial charge in [0, 0.05) is 0 Å². The standard InChI is InChI=1S/C16H30/c1-11(2)15(8)13(5,6)16(9)12(3,4)10-14(15,16)7/h11H,10H2,1-9H3. The Morgan fingerprint density at radius 2 is 1.25 bits per heavy atom. The van der Waals surface area contributed by atoms with Gasteiger partial charge in [-0.1, -0.05) is 62.3 Å². The van der Waals surface area contributed by atoms with E-state index >= 15 is 0 Å². The Labute approximate surface area is 102 Å². The van der Waals surface area contributed by atoms with Crippen molar-refractivity contribution >= 4 is 0 Å². The molecular formula is C16H30. The van der Waals surface area contributed by atoms with Crippen LogP contribution < -0.4 is 0 Å². The van der Waals surface area contributed by atoms with Gasteiger partial charge in [-0.25, -0.2) is 0 Å². The van der Waals surface area contributed by atoms with Crippen LogP contribution in [0.4, 0.5) is 0 Å².